The molecule has 0 aromatic carbocycles. The third-order valence-electron chi connectivity index (χ3n) is 2.93. The highest BCUT2D eigenvalue weighted by atomic mass is 79.9. The highest BCUT2D eigenvalue weighted by Gasteiger charge is 2.14. The summed E-state index contributed by atoms with van der Waals surface area (Å²) in [5.74, 6) is 0. The molecule has 0 N–H and O–H groups in total. The van der Waals surface area contributed by atoms with Gasteiger partial charge in [0.25, 0.3) is 0 Å². The van der Waals surface area contributed by atoms with Gasteiger partial charge in [0.1, 0.15) is 0 Å². The molecule has 0 atom stereocenters. The van der Waals surface area contributed by atoms with Gasteiger partial charge < -0.3 is 0 Å². The van der Waals surface area contributed by atoms with Gasteiger partial charge in [-0.15, -0.1) is 0 Å². The second kappa shape index (κ2) is 7.54. The van der Waals surface area contributed by atoms with E-state index < -0.39 is 0 Å². The van der Waals surface area contributed by atoms with E-state index in [1.165, 1.54) is 16.6 Å². The lowest BCUT2D eigenvalue weighted by Gasteiger charge is -2.20. The average Bonchev–Trinajstić information content (AvgIpc) is 2.60. The Kier molecular flexibility index (Phi) is 6.74. The third kappa shape index (κ3) is 4.07. The number of alkyl halides is 1. The number of hydrogen-bond donors (Lipinski definition) is 0. The van der Waals surface area contributed by atoms with E-state index in [9.17, 15) is 0 Å². The minimum absolute atomic E-state index is 0.966. The summed E-state index contributed by atoms with van der Waals surface area (Å²) in [6, 6.07) is 0. The molecule has 98 valence electrons. The molecule has 0 fully saturated rings. The van der Waals surface area contributed by atoms with Crippen LogP contribution in [-0.4, -0.2) is 33.1 Å². The molecule has 3 nitrogen and oxygen atoms in total. The Hall–Kier alpha value is 0.130. The molecular weight excluding hydrogens is 346 g/mol. The Bertz CT molecular complexity index is 350. The minimum atomic E-state index is 0.966. The van der Waals surface area contributed by atoms with Crippen molar-refractivity contribution in [1.29, 1.82) is 0 Å². The second-order valence-electron chi connectivity index (χ2n) is 4.10. The zero-order valence-corrected chi connectivity index (χ0v) is 14.0. The molecule has 5 heteroatoms. The van der Waals surface area contributed by atoms with Crippen molar-refractivity contribution in [3.8, 4) is 0 Å². The van der Waals surface area contributed by atoms with Gasteiger partial charge >= 0.3 is 0 Å². The predicted octanol–water partition coefficient (Wildman–Crippen LogP) is 3.35. The fourth-order valence-corrected chi connectivity index (χ4v) is 2.83. The Morgan fingerprint density at radius 2 is 2.06 bits per heavy atom. The van der Waals surface area contributed by atoms with Gasteiger partial charge in [-0.3, -0.25) is 9.58 Å². The van der Waals surface area contributed by atoms with Crippen molar-refractivity contribution in [2.24, 2.45) is 7.05 Å². The summed E-state index contributed by atoms with van der Waals surface area (Å²) in [4.78, 5) is 2.45. The Balaban J connectivity index is 2.75. The fourth-order valence-electron chi connectivity index (χ4n) is 1.84. The maximum Gasteiger partial charge on any atom is 0.0767 e. The first-order valence-corrected chi connectivity index (χ1v) is 8.04. The number of aromatic nitrogens is 2. The minimum Gasteiger partial charge on any atom is -0.298 e. The number of rotatable bonds is 7. The molecular formula is C12H21Br2N3. The molecule has 0 aliphatic carbocycles. The summed E-state index contributed by atoms with van der Waals surface area (Å²) in [7, 11) is 2.03. The number of hydrogen-bond acceptors (Lipinski definition) is 2. The van der Waals surface area contributed by atoms with Gasteiger partial charge in [-0.25, -0.2) is 0 Å². The van der Waals surface area contributed by atoms with Crippen molar-refractivity contribution < 1.29 is 0 Å². The van der Waals surface area contributed by atoms with E-state index in [4.69, 9.17) is 0 Å². The van der Waals surface area contributed by atoms with Crippen molar-refractivity contribution in [1.82, 2.24) is 14.7 Å². The van der Waals surface area contributed by atoms with E-state index >= 15 is 0 Å². The van der Waals surface area contributed by atoms with Crippen molar-refractivity contribution >= 4 is 31.9 Å². The number of nitrogens with zero attached hydrogens (tertiary/aromatic N) is 3. The van der Waals surface area contributed by atoms with Gasteiger partial charge in [0.05, 0.1) is 15.9 Å². The van der Waals surface area contributed by atoms with Crippen LogP contribution in [0.3, 0.4) is 0 Å². The normalized spacial score (nSPS) is 11.4. The van der Waals surface area contributed by atoms with Crippen LogP contribution in [0.15, 0.2) is 4.47 Å². The molecule has 17 heavy (non-hydrogen) atoms. The Morgan fingerprint density at radius 1 is 1.35 bits per heavy atom. The molecule has 1 rings (SSSR count). The van der Waals surface area contributed by atoms with Gasteiger partial charge in [-0.1, -0.05) is 29.8 Å². The topological polar surface area (TPSA) is 21.1 Å². The van der Waals surface area contributed by atoms with E-state index in [0.717, 1.165) is 37.1 Å². The average molecular weight is 367 g/mol. The van der Waals surface area contributed by atoms with Crippen LogP contribution in [0.5, 0.6) is 0 Å². The Morgan fingerprint density at radius 3 is 2.53 bits per heavy atom. The maximum absolute atomic E-state index is 4.53. The highest BCUT2D eigenvalue weighted by Crippen LogP contribution is 2.22. The Labute approximate surface area is 121 Å². The zero-order chi connectivity index (χ0) is 12.8. The van der Waals surface area contributed by atoms with Crippen LogP contribution in [0.1, 0.15) is 31.7 Å². The highest BCUT2D eigenvalue weighted by molar-refractivity contribution is 9.10. The lowest BCUT2D eigenvalue weighted by Crippen LogP contribution is -2.25. The first-order chi connectivity index (χ1) is 8.13. The lowest BCUT2D eigenvalue weighted by molar-refractivity contribution is 0.273. The summed E-state index contributed by atoms with van der Waals surface area (Å²) in [6.45, 7) is 7.51. The van der Waals surface area contributed by atoms with Crippen LogP contribution < -0.4 is 0 Å². The van der Waals surface area contributed by atoms with Crippen LogP contribution in [0.2, 0.25) is 0 Å². The molecule has 0 amide bonds. The molecule has 0 spiro atoms. The zero-order valence-electron chi connectivity index (χ0n) is 10.8. The second-order valence-corrected chi connectivity index (χ2v) is 5.68. The van der Waals surface area contributed by atoms with E-state index in [0.29, 0.717) is 0 Å². The summed E-state index contributed by atoms with van der Waals surface area (Å²) in [6.07, 6.45) is 2.16. The molecule has 0 unspecified atom stereocenters. The summed E-state index contributed by atoms with van der Waals surface area (Å²) < 4.78 is 3.18. The van der Waals surface area contributed by atoms with Crippen molar-refractivity contribution in [3.05, 3.63) is 15.9 Å². The molecule has 0 saturated carbocycles. The van der Waals surface area contributed by atoms with E-state index in [2.05, 4.69) is 55.7 Å². The smallest absolute Gasteiger partial charge is 0.0767 e. The van der Waals surface area contributed by atoms with E-state index in [1.54, 1.807) is 0 Å². The van der Waals surface area contributed by atoms with Gasteiger partial charge in [-0.05, 0) is 41.9 Å². The monoisotopic (exact) mass is 365 g/mol. The van der Waals surface area contributed by atoms with Crippen LogP contribution in [0.25, 0.3) is 0 Å². The van der Waals surface area contributed by atoms with Crippen LogP contribution in [0, 0.1) is 0 Å². The first kappa shape index (κ1) is 15.2. The summed E-state index contributed by atoms with van der Waals surface area (Å²) >= 11 is 7.15. The van der Waals surface area contributed by atoms with Gasteiger partial charge in [0, 0.05) is 18.9 Å². The number of aryl methyl sites for hydroxylation is 2. The summed E-state index contributed by atoms with van der Waals surface area (Å²) in [5.41, 5.74) is 2.43. The van der Waals surface area contributed by atoms with Gasteiger partial charge in [0.15, 0.2) is 0 Å². The molecule has 0 aliphatic heterocycles. The molecule has 1 aromatic rings. The fraction of sp³-hybridized carbons (Fsp3) is 0.750. The van der Waals surface area contributed by atoms with Gasteiger partial charge in [-0.2, -0.15) is 5.10 Å². The summed E-state index contributed by atoms with van der Waals surface area (Å²) in [5, 5.41) is 5.60. The van der Waals surface area contributed by atoms with Crippen molar-refractivity contribution in [2.45, 2.75) is 33.2 Å². The van der Waals surface area contributed by atoms with E-state index in [-0.39, 0.29) is 0 Å². The van der Waals surface area contributed by atoms with Crippen LogP contribution >= 0.6 is 31.9 Å². The predicted molar refractivity (Wildman–Crippen MR) is 79.6 cm³/mol. The van der Waals surface area contributed by atoms with Crippen molar-refractivity contribution in [2.75, 3.05) is 18.4 Å². The molecule has 1 heterocycles. The molecule has 0 saturated heterocycles. The molecule has 0 aliphatic rings. The first-order valence-electron chi connectivity index (χ1n) is 6.12. The van der Waals surface area contributed by atoms with Crippen LogP contribution in [-0.2, 0) is 20.0 Å². The standard InChI is InChI=1S/C12H21Br2N3/c1-4-10-12(14)11(16(3)15-10)9-17(5-2)8-6-7-13/h4-9H2,1-3H3. The SMILES string of the molecule is CCc1nn(C)c(CN(CC)CCCBr)c1Br. The largest absolute Gasteiger partial charge is 0.298 e. The molecule has 0 bridgehead atoms. The quantitative estimate of drug-likeness (QED) is 0.690. The van der Waals surface area contributed by atoms with Crippen molar-refractivity contribution in [3.63, 3.8) is 0 Å². The number of halogens is 2. The molecule has 1 aromatic heterocycles. The lowest BCUT2D eigenvalue weighted by atomic mass is 10.3. The third-order valence-corrected chi connectivity index (χ3v) is 4.41. The molecule has 0 radical (unpaired) electrons. The van der Waals surface area contributed by atoms with Gasteiger partial charge in [0.2, 0.25) is 0 Å². The van der Waals surface area contributed by atoms with E-state index in [1.807, 2.05) is 11.7 Å². The van der Waals surface area contributed by atoms with Crippen LogP contribution in [0.4, 0.5) is 0 Å². The maximum atomic E-state index is 4.53.